The van der Waals surface area contributed by atoms with E-state index in [0.717, 1.165) is 3.57 Å². The van der Waals surface area contributed by atoms with Gasteiger partial charge in [0.1, 0.15) is 0 Å². The molecule has 0 amide bonds. The summed E-state index contributed by atoms with van der Waals surface area (Å²) in [5, 5.41) is 0.437. The summed E-state index contributed by atoms with van der Waals surface area (Å²) < 4.78 is 17.4. The SMILES string of the molecule is CCOc1cc(/C=C2\N=C(c3cc(I)ccc3Cl)OC2=O)ccc1OC(=O)c1ccccc1. The van der Waals surface area contributed by atoms with Gasteiger partial charge in [0, 0.05) is 3.57 Å². The second-order valence-corrected chi connectivity index (χ2v) is 8.51. The molecule has 0 aromatic heterocycles. The van der Waals surface area contributed by atoms with Crippen molar-refractivity contribution in [1.29, 1.82) is 0 Å². The predicted octanol–water partition coefficient (Wildman–Crippen LogP) is 5.91. The standard InChI is InChI=1S/C25H17ClINO5/c1-2-31-22-13-15(8-11-21(22)32-24(29)16-6-4-3-5-7-16)12-20-25(30)33-23(28-20)18-14-17(27)9-10-19(18)26/h3-14H,2H2,1H3/b20-12-. The summed E-state index contributed by atoms with van der Waals surface area (Å²) in [7, 11) is 0. The van der Waals surface area contributed by atoms with Crippen molar-refractivity contribution in [2.45, 2.75) is 6.92 Å². The lowest BCUT2D eigenvalue weighted by Gasteiger charge is -2.11. The molecular weight excluding hydrogens is 557 g/mol. The number of rotatable bonds is 6. The highest BCUT2D eigenvalue weighted by molar-refractivity contribution is 14.1. The number of aliphatic imine (C=N–C) groups is 1. The van der Waals surface area contributed by atoms with Crippen LogP contribution >= 0.6 is 34.2 Å². The van der Waals surface area contributed by atoms with Crippen molar-refractivity contribution in [1.82, 2.24) is 0 Å². The number of halogens is 2. The molecule has 6 nitrogen and oxygen atoms in total. The van der Waals surface area contributed by atoms with Crippen LogP contribution in [0.2, 0.25) is 5.02 Å². The van der Waals surface area contributed by atoms with E-state index in [9.17, 15) is 9.59 Å². The smallest absolute Gasteiger partial charge is 0.363 e. The third-order valence-corrected chi connectivity index (χ3v) is 5.56. The van der Waals surface area contributed by atoms with E-state index in [4.69, 9.17) is 25.8 Å². The van der Waals surface area contributed by atoms with E-state index in [2.05, 4.69) is 27.6 Å². The van der Waals surface area contributed by atoms with Crippen LogP contribution < -0.4 is 9.47 Å². The summed E-state index contributed by atoms with van der Waals surface area (Å²) in [6.45, 7) is 2.19. The Balaban J connectivity index is 1.62. The quantitative estimate of drug-likeness (QED) is 0.159. The normalized spacial score (nSPS) is 14.1. The highest BCUT2D eigenvalue weighted by Crippen LogP contribution is 2.31. The largest absolute Gasteiger partial charge is 0.490 e. The van der Waals surface area contributed by atoms with Gasteiger partial charge < -0.3 is 14.2 Å². The maximum atomic E-state index is 12.4. The topological polar surface area (TPSA) is 74.2 Å². The van der Waals surface area contributed by atoms with Gasteiger partial charge >= 0.3 is 11.9 Å². The molecule has 0 fully saturated rings. The minimum Gasteiger partial charge on any atom is -0.490 e. The average Bonchev–Trinajstić information content (AvgIpc) is 3.17. The molecule has 0 spiro atoms. The number of esters is 2. The maximum Gasteiger partial charge on any atom is 0.363 e. The molecule has 1 aliphatic heterocycles. The number of hydrogen-bond donors (Lipinski definition) is 0. The van der Waals surface area contributed by atoms with Gasteiger partial charge in [-0.05, 0) is 83.6 Å². The van der Waals surface area contributed by atoms with Crippen molar-refractivity contribution in [2.24, 2.45) is 4.99 Å². The Kier molecular flexibility index (Phi) is 7.10. The molecule has 0 N–H and O–H groups in total. The summed E-state index contributed by atoms with van der Waals surface area (Å²) in [6, 6.07) is 19.0. The Bertz CT molecular complexity index is 1290. The molecule has 1 heterocycles. The molecule has 166 valence electrons. The van der Waals surface area contributed by atoms with Crippen LogP contribution in [0.3, 0.4) is 0 Å². The molecular formula is C25H17ClINO5. The Morgan fingerprint density at radius 2 is 1.88 bits per heavy atom. The third kappa shape index (κ3) is 5.43. The molecule has 3 aromatic rings. The van der Waals surface area contributed by atoms with E-state index in [0.29, 0.717) is 34.1 Å². The first-order valence-electron chi connectivity index (χ1n) is 9.96. The Morgan fingerprint density at radius 3 is 2.64 bits per heavy atom. The van der Waals surface area contributed by atoms with Gasteiger partial charge in [-0.3, -0.25) is 0 Å². The summed E-state index contributed by atoms with van der Waals surface area (Å²) in [6.07, 6.45) is 1.57. The molecule has 8 heteroatoms. The summed E-state index contributed by atoms with van der Waals surface area (Å²) in [5.74, 6) is -0.291. The van der Waals surface area contributed by atoms with Gasteiger partial charge in [0.2, 0.25) is 5.90 Å². The van der Waals surface area contributed by atoms with Crippen molar-refractivity contribution in [2.75, 3.05) is 6.61 Å². The van der Waals surface area contributed by atoms with E-state index in [-0.39, 0.29) is 17.3 Å². The lowest BCUT2D eigenvalue weighted by molar-refractivity contribution is -0.129. The Labute approximate surface area is 209 Å². The van der Waals surface area contributed by atoms with Crippen molar-refractivity contribution in [3.63, 3.8) is 0 Å². The first kappa shape index (κ1) is 23.0. The zero-order valence-corrected chi connectivity index (χ0v) is 20.3. The minimum absolute atomic E-state index is 0.122. The molecule has 0 unspecified atom stereocenters. The fraction of sp³-hybridized carbons (Fsp3) is 0.0800. The Hall–Kier alpha value is -3.17. The second kappa shape index (κ2) is 10.2. The first-order valence-corrected chi connectivity index (χ1v) is 11.4. The maximum absolute atomic E-state index is 12.4. The Morgan fingerprint density at radius 1 is 1.09 bits per heavy atom. The molecule has 1 aliphatic rings. The summed E-state index contributed by atoms with van der Waals surface area (Å²) >= 11 is 8.38. The van der Waals surface area contributed by atoms with Crippen molar-refractivity contribution in [3.05, 3.63) is 97.7 Å². The van der Waals surface area contributed by atoms with Crippen LogP contribution in [0.15, 0.2) is 77.4 Å². The summed E-state index contributed by atoms with van der Waals surface area (Å²) in [5.41, 5.74) is 1.72. The monoisotopic (exact) mass is 573 g/mol. The van der Waals surface area contributed by atoms with Gasteiger partial charge in [0.05, 0.1) is 22.8 Å². The summed E-state index contributed by atoms with van der Waals surface area (Å²) in [4.78, 5) is 29.1. The van der Waals surface area contributed by atoms with Crippen LogP contribution in [-0.4, -0.2) is 24.4 Å². The third-order valence-electron chi connectivity index (χ3n) is 4.56. The van der Waals surface area contributed by atoms with Crippen molar-refractivity contribution >= 4 is 58.1 Å². The number of carbonyl (C=O) groups excluding carboxylic acids is 2. The number of benzene rings is 3. The van der Waals surface area contributed by atoms with E-state index in [1.54, 1.807) is 60.7 Å². The van der Waals surface area contributed by atoms with Crippen molar-refractivity contribution in [3.8, 4) is 11.5 Å². The number of carbonyl (C=O) groups is 2. The molecule has 4 rings (SSSR count). The number of nitrogens with zero attached hydrogens (tertiary/aromatic N) is 1. The number of ether oxygens (including phenoxy) is 3. The van der Waals surface area contributed by atoms with E-state index in [1.165, 1.54) is 0 Å². The van der Waals surface area contributed by atoms with Gasteiger partial charge in [0.15, 0.2) is 17.2 Å². The van der Waals surface area contributed by atoms with Gasteiger partial charge in [-0.2, -0.15) is 0 Å². The van der Waals surface area contributed by atoms with Gasteiger partial charge in [-0.25, -0.2) is 14.6 Å². The molecule has 33 heavy (non-hydrogen) atoms. The number of cyclic esters (lactones) is 1. The van der Waals surface area contributed by atoms with Crippen LogP contribution in [0.5, 0.6) is 11.5 Å². The highest BCUT2D eigenvalue weighted by Gasteiger charge is 2.26. The molecule has 0 saturated heterocycles. The van der Waals surface area contributed by atoms with Crippen LogP contribution in [0.1, 0.15) is 28.4 Å². The average molecular weight is 574 g/mol. The van der Waals surface area contributed by atoms with Crippen LogP contribution in [0.4, 0.5) is 0 Å². The number of hydrogen-bond acceptors (Lipinski definition) is 6. The predicted molar refractivity (Wildman–Crippen MR) is 134 cm³/mol. The minimum atomic E-state index is -0.586. The van der Waals surface area contributed by atoms with Gasteiger partial charge in [0.25, 0.3) is 0 Å². The van der Waals surface area contributed by atoms with E-state index >= 15 is 0 Å². The van der Waals surface area contributed by atoms with Gasteiger partial charge in [-0.15, -0.1) is 0 Å². The van der Waals surface area contributed by atoms with E-state index in [1.807, 2.05) is 19.1 Å². The fourth-order valence-corrected chi connectivity index (χ4v) is 3.73. The second-order valence-electron chi connectivity index (χ2n) is 6.85. The lowest BCUT2D eigenvalue weighted by atomic mass is 10.1. The van der Waals surface area contributed by atoms with Crippen LogP contribution in [0.25, 0.3) is 6.08 Å². The molecule has 3 aromatic carbocycles. The van der Waals surface area contributed by atoms with Crippen LogP contribution in [0, 0.1) is 3.57 Å². The fourth-order valence-electron chi connectivity index (χ4n) is 3.04. The van der Waals surface area contributed by atoms with E-state index < -0.39 is 11.9 Å². The molecule has 0 bridgehead atoms. The van der Waals surface area contributed by atoms with Gasteiger partial charge in [-0.1, -0.05) is 35.9 Å². The highest BCUT2D eigenvalue weighted by atomic mass is 127. The first-order chi connectivity index (χ1) is 15.9. The molecule has 0 atom stereocenters. The zero-order chi connectivity index (χ0) is 23.4. The van der Waals surface area contributed by atoms with Crippen molar-refractivity contribution < 1.29 is 23.8 Å². The molecule has 0 aliphatic carbocycles. The molecule has 0 radical (unpaired) electrons. The lowest BCUT2D eigenvalue weighted by Crippen LogP contribution is -2.09. The zero-order valence-electron chi connectivity index (χ0n) is 17.4. The molecule has 0 saturated carbocycles. The van der Waals surface area contributed by atoms with Crippen LogP contribution in [-0.2, 0) is 9.53 Å².